The standard InChI is InChI=1S/C33H38N2O7/c1-6-18-42-27-12-11-25(20-28(27)38-2)24-9-7-8-23(19-24)10-13-31(36)34-14-16-35(17-15-34)33(37)26-21-29(39-3)32(41-5)30(22-26)40-4/h7-13,19-22H,6,14-18H2,1-5H3/b13-10+. The van der Waals surface area contributed by atoms with Crippen molar-refractivity contribution in [1.29, 1.82) is 0 Å². The normalized spacial score (nSPS) is 13.2. The first kappa shape index (κ1) is 30.3. The van der Waals surface area contributed by atoms with Crippen molar-refractivity contribution in [2.45, 2.75) is 13.3 Å². The molecule has 1 fully saturated rings. The second-order valence-corrected chi connectivity index (χ2v) is 9.70. The van der Waals surface area contributed by atoms with Gasteiger partial charge in [0.25, 0.3) is 5.91 Å². The minimum absolute atomic E-state index is 0.0978. The number of carbonyl (C=O) groups is 2. The molecule has 1 aliphatic rings. The van der Waals surface area contributed by atoms with E-state index in [9.17, 15) is 9.59 Å². The van der Waals surface area contributed by atoms with Crippen LogP contribution in [-0.2, 0) is 4.79 Å². The lowest BCUT2D eigenvalue weighted by atomic mass is 10.0. The summed E-state index contributed by atoms with van der Waals surface area (Å²) in [7, 11) is 6.17. The third kappa shape index (κ3) is 6.97. The molecule has 222 valence electrons. The number of ether oxygens (including phenoxy) is 5. The molecule has 0 aliphatic carbocycles. The number of methoxy groups -OCH3 is 4. The Morgan fingerprint density at radius 2 is 1.38 bits per heavy atom. The largest absolute Gasteiger partial charge is 0.493 e. The fourth-order valence-electron chi connectivity index (χ4n) is 4.79. The zero-order valence-electron chi connectivity index (χ0n) is 24.8. The van der Waals surface area contributed by atoms with Crippen LogP contribution in [0.15, 0.2) is 60.7 Å². The number of piperazine rings is 1. The molecule has 1 saturated heterocycles. The Hall–Kier alpha value is -4.66. The van der Waals surface area contributed by atoms with E-state index >= 15 is 0 Å². The van der Waals surface area contributed by atoms with E-state index in [1.807, 2.05) is 48.5 Å². The summed E-state index contributed by atoms with van der Waals surface area (Å²) in [6.45, 7) is 4.40. The Kier molecular flexibility index (Phi) is 10.3. The summed E-state index contributed by atoms with van der Waals surface area (Å²) in [5.74, 6) is 2.41. The summed E-state index contributed by atoms with van der Waals surface area (Å²) >= 11 is 0. The zero-order valence-corrected chi connectivity index (χ0v) is 24.8. The van der Waals surface area contributed by atoms with Crippen molar-refractivity contribution in [2.75, 3.05) is 61.2 Å². The van der Waals surface area contributed by atoms with E-state index < -0.39 is 0 Å². The van der Waals surface area contributed by atoms with E-state index in [0.29, 0.717) is 61.3 Å². The van der Waals surface area contributed by atoms with Gasteiger partial charge in [0.05, 0.1) is 35.0 Å². The molecule has 0 spiro atoms. The van der Waals surface area contributed by atoms with Gasteiger partial charge < -0.3 is 33.5 Å². The number of benzene rings is 3. The van der Waals surface area contributed by atoms with Gasteiger partial charge in [-0.05, 0) is 59.5 Å². The van der Waals surface area contributed by atoms with Crippen LogP contribution in [-0.4, -0.2) is 82.8 Å². The van der Waals surface area contributed by atoms with E-state index in [1.165, 1.54) is 21.3 Å². The molecule has 0 aromatic heterocycles. The lowest BCUT2D eigenvalue weighted by molar-refractivity contribution is -0.127. The molecule has 9 heteroatoms. The lowest BCUT2D eigenvalue weighted by Gasteiger charge is -2.34. The Morgan fingerprint density at radius 1 is 0.738 bits per heavy atom. The molecule has 1 aliphatic heterocycles. The van der Waals surface area contributed by atoms with Gasteiger partial charge in [0.2, 0.25) is 11.7 Å². The number of amides is 2. The number of nitrogens with zero attached hydrogens (tertiary/aromatic N) is 2. The molecule has 1 heterocycles. The molecule has 3 aromatic carbocycles. The van der Waals surface area contributed by atoms with Crippen molar-refractivity contribution in [2.24, 2.45) is 0 Å². The third-order valence-corrected chi connectivity index (χ3v) is 7.05. The number of rotatable bonds is 11. The highest BCUT2D eigenvalue weighted by atomic mass is 16.5. The van der Waals surface area contributed by atoms with Crippen LogP contribution in [0.25, 0.3) is 17.2 Å². The zero-order chi connectivity index (χ0) is 30.1. The summed E-state index contributed by atoms with van der Waals surface area (Å²) in [6.07, 6.45) is 4.31. The molecular weight excluding hydrogens is 536 g/mol. The van der Waals surface area contributed by atoms with E-state index in [2.05, 4.69) is 6.92 Å². The lowest BCUT2D eigenvalue weighted by Crippen LogP contribution is -2.50. The maximum atomic E-state index is 13.2. The molecule has 0 saturated carbocycles. The summed E-state index contributed by atoms with van der Waals surface area (Å²) in [5, 5.41) is 0. The molecule has 2 amide bonds. The van der Waals surface area contributed by atoms with Crippen LogP contribution in [0.2, 0.25) is 0 Å². The number of hydrogen-bond acceptors (Lipinski definition) is 7. The second-order valence-electron chi connectivity index (χ2n) is 9.70. The Bertz CT molecular complexity index is 1400. The molecule has 0 atom stereocenters. The van der Waals surface area contributed by atoms with E-state index in [1.54, 1.807) is 35.1 Å². The van der Waals surface area contributed by atoms with Crippen molar-refractivity contribution in [1.82, 2.24) is 9.80 Å². The highest BCUT2D eigenvalue weighted by Crippen LogP contribution is 2.38. The summed E-state index contributed by atoms with van der Waals surface area (Å²) in [6, 6.07) is 17.1. The van der Waals surface area contributed by atoms with Crippen molar-refractivity contribution < 1.29 is 33.3 Å². The smallest absolute Gasteiger partial charge is 0.254 e. The van der Waals surface area contributed by atoms with Crippen LogP contribution in [0.3, 0.4) is 0 Å². The van der Waals surface area contributed by atoms with Gasteiger partial charge in [0.1, 0.15) is 0 Å². The van der Waals surface area contributed by atoms with Crippen LogP contribution in [0.1, 0.15) is 29.3 Å². The molecular formula is C33H38N2O7. The van der Waals surface area contributed by atoms with Gasteiger partial charge in [-0.1, -0.05) is 31.2 Å². The highest BCUT2D eigenvalue weighted by molar-refractivity contribution is 5.96. The van der Waals surface area contributed by atoms with Gasteiger partial charge in [0.15, 0.2) is 23.0 Å². The molecule has 9 nitrogen and oxygen atoms in total. The van der Waals surface area contributed by atoms with Gasteiger partial charge in [0, 0.05) is 37.8 Å². The molecule has 0 unspecified atom stereocenters. The van der Waals surface area contributed by atoms with Gasteiger partial charge in [-0.25, -0.2) is 0 Å². The van der Waals surface area contributed by atoms with Gasteiger partial charge >= 0.3 is 0 Å². The van der Waals surface area contributed by atoms with Gasteiger partial charge in [-0.15, -0.1) is 0 Å². The summed E-state index contributed by atoms with van der Waals surface area (Å²) in [5.41, 5.74) is 3.33. The maximum Gasteiger partial charge on any atom is 0.254 e. The Balaban J connectivity index is 1.38. The van der Waals surface area contributed by atoms with Crippen molar-refractivity contribution in [3.05, 3.63) is 71.8 Å². The molecule has 4 rings (SSSR count). The minimum Gasteiger partial charge on any atom is -0.493 e. The first-order valence-electron chi connectivity index (χ1n) is 13.9. The minimum atomic E-state index is -0.157. The SMILES string of the molecule is CCCOc1ccc(-c2cccc(/C=C/C(=O)N3CCN(C(=O)c4cc(OC)c(OC)c(OC)c4)CC3)c2)cc1OC. The van der Waals surface area contributed by atoms with E-state index in [0.717, 1.165) is 28.9 Å². The monoisotopic (exact) mass is 574 g/mol. The first-order chi connectivity index (χ1) is 20.4. The average molecular weight is 575 g/mol. The van der Waals surface area contributed by atoms with Crippen LogP contribution in [0.4, 0.5) is 0 Å². The second kappa shape index (κ2) is 14.3. The predicted molar refractivity (Wildman–Crippen MR) is 162 cm³/mol. The topological polar surface area (TPSA) is 86.8 Å². The number of hydrogen-bond donors (Lipinski definition) is 0. The highest BCUT2D eigenvalue weighted by Gasteiger charge is 2.26. The van der Waals surface area contributed by atoms with Crippen LogP contribution in [0.5, 0.6) is 28.7 Å². The average Bonchev–Trinajstić information content (AvgIpc) is 3.05. The fraction of sp³-hybridized carbons (Fsp3) is 0.333. The van der Waals surface area contributed by atoms with E-state index in [4.69, 9.17) is 23.7 Å². The van der Waals surface area contributed by atoms with Gasteiger partial charge in [-0.2, -0.15) is 0 Å². The quantitative estimate of drug-likeness (QED) is 0.292. The van der Waals surface area contributed by atoms with Crippen LogP contribution >= 0.6 is 0 Å². The molecule has 0 N–H and O–H groups in total. The Morgan fingerprint density at radius 3 is 2.00 bits per heavy atom. The molecule has 0 bridgehead atoms. The molecule has 3 aromatic rings. The number of carbonyl (C=O) groups excluding carboxylic acids is 2. The van der Waals surface area contributed by atoms with Crippen molar-refractivity contribution >= 4 is 17.9 Å². The third-order valence-electron chi connectivity index (χ3n) is 7.05. The van der Waals surface area contributed by atoms with Crippen LogP contribution < -0.4 is 23.7 Å². The summed E-state index contributed by atoms with van der Waals surface area (Å²) in [4.78, 5) is 29.7. The maximum absolute atomic E-state index is 13.2. The van der Waals surface area contributed by atoms with Crippen molar-refractivity contribution in [3.63, 3.8) is 0 Å². The fourth-order valence-corrected chi connectivity index (χ4v) is 4.79. The summed E-state index contributed by atoms with van der Waals surface area (Å²) < 4.78 is 27.4. The molecule has 0 radical (unpaired) electrons. The van der Waals surface area contributed by atoms with E-state index in [-0.39, 0.29) is 11.8 Å². The first-order valence-corrected chi connectivity index (χ1v) is 13.9. The van der Waals surface area contributed by atoms with Gasteiger partial charge in [-0.3, -0.25) is 9.59 Å². The Labute approximate surface area is 247 Å². The molecule has 42 heavy (non-hydrogen) atoms. The van der Waals surface area contributed by atoms with Crippen LogP contribution in [0, 0.1) is 0 Å². The van der Waals surface area contributed by atoms with Crippen molar-refractivity contribution in [3.8, 4) is 39.9 Å². The predicted octanol–water partition coefficient (Wildman–Crippen LogP) is 5.17.